The minimum atomic E-state index is -0.420. The smallest absolute Gasteiger partial charge is 0.141 e. The average molecular weight is 278 g/mol. The second kappa shape index (κ2) is 4.74. The Hall–Kier alpha value is -1.74. The number of rotatable bonds is 2. The van der Waals surface area contributed by atoms with Crippen LogP contribution in [-0.4, -0.2) is 5.11 Å². The van der Waals surface area contributed by atoms with Gasteiger partial charge in [0.25, 0.3) is 0 Å². The number of anilines is 1. The Morgan fingerprint density at radius 3 is 2.89 bits per heavy atom. The zero-order valence-corrected chi connectivity index (χ0v) is 10.9. The summed E-state index contributed by atoms with van der Waals surface area (Å²) in [4.78, 5) is 0. The molecule has 1 atom stereocenters. The van der Waals surface area contributed by atoms with Crippen LogP contribution in [0.4, 0.5) is 10.1 Å². The van der Waals surface area contributed by atoms with Crippen molar-refractivity contribution in [3.8, 4) is 5.75 Å². The minimum Gasteiger partial charge on any atom is -0.508 e. The van der Waals surface area contributed by atoms with E-state index in [4.69, 9.17) is 11.6 Å². The molecule has 1 aliphatic carbocycles. The molecular weight excluding hydrogens is 265 g/mol. The van der Waals surface area contributed by atoms with Gasteiger partial charge in [-0.05, 0) is 48.2 Å². The summed E-state index contributed by atoms with van der Waals surface area (Å²) in [7, 11) is 0. The van der Waals surface area contributed by atoms with Crippen LogP contribution >= 0.6 is 11.6 Å². The van der Waals surface area contributed by atoms with Crippen LogP contribution in [0.1, 0.15) is 23.6 Å². The van der Waals surface area contributed by atoms with Crippen LogP contribution in [0.2, 0.25) is 5.02 Å². The molecule has 1 unspecified atom stereocenters. The Morgan fingerprint density at radius 2 is 2.11 bits per heavy atom. The first-order valence-electron chi connectivity index (χ1n) is 6.17. The lowest BCUT2D eigenvalue weighted by Gasteiger charge is -2.16. The topological polar surface area (TPSA) is 32.3 Å². The van der Waals surface area contributed by atoms with Crippen LogP contribution in [0.5, 0.6) is 5.75 Å². The van der Waals surface area contributed by atoms with Crippen molar-refractivity contribution < 1.29 is 9.50 Å². The molecule has 2 N–H and O–H groups in total. The monoisotopic (exact) mass is 277 g/mol. The molecule has 2 nitrogen and oxygen atoms in total. The summed E-state index contributed by atoms with van der Waals surface area (Å²) in [6.45, 7) is 0. The highest BCUT2D eigenvalue weighted by Gasteiger charge is 2.24. The van der Waals surface area contributed by atoms with Crippen LogP contribution in [-0.2, 0) is 6.42 Å². The molecule has 0 saturated heterocycles. The number of aromatic hydroxyl groups is 1. The molecule has 0 radical (unpaired) electrons. The van der Waals surface area contributed by atoms with Crippen molar-refractivity contribution in [1.29, 1.82) is 0 Å². The molecule has 19 heavy (non-hydrogen) atoms. The van der Waals surface area contributed by atoms with Gasteiger partial charge in [0.2, 0.25) is 0 Å². The average Bonchev–Trinajstić information content (AvgIpc) is 2.79. The van der Waals surface area contributed by atoms with Gasteiger partial charge in [-0.3, -0.25) is 0 Å². The molecule has 0 amide bonds. The first-order chi connectivity index (χ1) is 9.15. The molecule has 2 aromatic rings. The maximum absolute atomic E-state index is 13.1. The van der Waals surface area contributed by atoms with E-state index < -0.39 is 5.82 Å². The SMILES string of the molecule is Oc1cccc2c1CCC2Nc1ccc(F)c(Cl)c1. The summed E-state index contributed by atoms with van der Waals surface area (Å²) in [5.41, 5.74) is 2.88. The van der Waals surface area contributed by atoms with Gasteiger partial charge < -0.3 is 10.4 Å². The summed E-state index contributed by atoms with van der Waals surface area (Å²) in [5, 5.41) is 13.2. The molecule has 0 spiro atoms. The van der Waals surface area contributed by atoms with Crippen LogP contribution < -0.4 is 5.32 Å². The van der Waals surface area contributed by atoms with Crippen LogP contribution in [0.15, 0.2) is 36.4 Å². The molecule has 0 aliphatic heterocycles. The van der Waals surface area contributed by atoms with E-state index in [1.54, 1.807) is 18.2 Å². The van der Waals surface area contributed by atoms with E-state index in [1.165, 1.54) is 6.07 Å². The van der Waals surface area contributed by atoms with Gasteiger partial charge in [0.1, 0.15) is 11.6 Å². The molecule has 4 heteroatoms. The van der Waals surface area contributed by atoms with Crippen molar-refractivity contribution in [3.05, 3.63) is 58.4 Å². The normalized spacial score (nSPS) is 17.3. The Kier molecular flexibility index (Phi) is 3.07. The predicted molar refractivity (Wildman–Crippen MR) is 74.2 cm³/mol. The molecular formula is C15H13ClFNO. The number of benzene rings is 2. The van der Waals surface area contributed by atoms with Crippen molar-refractivity contribution >= 4 is 17.3 Å². The summed E-state index contributed by atoms with van der Waals surface area (Å²) < 4.78 is 13.1. The van der Waals surface area contributed by atoms with E-state index in [0.29, 0.717) is 5.75 Å². The predicted octanol–water partition coefficient (Wildman–Crippen LogP) is 4.28. The third kappa shape index (κ3) is 2.26. The van der Waals surface area contributed by atoms with Crippen LogP contribution in [0.25, 0.3) is 0 Å². The van der Waals surface area contributed by atoms with Gasteiger partial charge in [-0.15, -0.1) is 0 Å². The molecule has 0 bridgehead atoms. The van der Waals surface area contributed by atoms with Gasteiger partial charge in [-0.25, -0.2) is 4.39 Å². The van der Waals surface area contributed by atoms with Gasteiger partial charge in [0.05, 0.1) is 11.1 Å². The van der Waals surface area contributed by atoms with Crippen molar-refractivity contribution in [2.45, 2.75) is 18.9 Å². The van der Waals surface area contributed by atoms with Gasteiger partial charge in [-0.1, -0.05) is 23.7 Å². The number of hydrogen-bond acceptors (Lipinski definition) is 2. The zero-order chi connectivity index (χ0) is 13.4. The standard InChI is InChI=1S/C15H13ClFNO/c16-12-8-9(4-6-13(12)17)18-14-7-5-11-10(14)2-1-3-15(11)19/h1-4,6,8,14,18-19H,5,7H2. The molecule has 98 valence electrons. The van der Waals surface area contributed by atoms with Gasteiger partial charge in [-0.2, -0.15) is 0 Å². The molecule has 2 aromatic carbocycles. The minimum absolute atomic E-state index is 0.110. The van der Waals surface area contributed by atoms with Gasteiger partial charge >= 0.3 is 0 Å². The van der Waals surface area contributed by atoms with Crippen molar-refractivity contribution in [2.75, 3.05) is 5.32 Å². The van der Waals surface area contributed by atoms with Crippen molar-refractivity contribution in [2.24, 2.45) is 0 Å². The second-order valence-corrected chi connectivity index (χ2v) is 5.12. The van der Waals surface area contributed by atoms with E-state index in [-0.39, 0.29) is 11.1 Å². The first-order valence-corrected chi connectivity index (χ1v) is 6.55. The van der Waals surface area contributed by atoms with E-state index >= 15 is 0 Å². The largest absolute Gasteiger partial charge is 0.508 e. The number of nitrogens with one attached hydrogen (secondary N) is 1. The highest BCUT2D eigenvalue weighted by Crippen LogP contribution is 2.38. The maximum atomic E-state index is 13.1. The molecule has 0 aromatic heterocycles. The molecule has 0 fully saturated rings. The summed E-state index contributed by atoms with van der Waals surface area (Å²) in [6, 6.07) is 10.3. The Morgan fingerprint density at radius 1 is 1.26 bits per heavy atom. The lowest BCUT2D eigenvalue weighted by atomic mass is 10.1. The second-order valence-electron chi connectivity index (χ2n) is 4.71. The number of phenolic OH excluding ortho intramolecular Hbond substituents is 1. The quantitative estimate of drug-likeness (QED) is 0.858. The molecule has 3 rings (SSSR count). The number of halogens is 2. The summed E-state index contributed by atoms with van der Waals surface area (Å²) in [5.74, 6) is -0.0735. The summed E-state index contributed by atoms with van der Waals surface area (Å²) in [6.07, 6.45) is 1.75. The first kappa shape index (κ1) is 12.3. The third-order valence-electron chi connectivity index (χ3n) is 3.51. The number of fused-ring (bicyclic) bond motifs is 1. The lowest BCUT2D eigenvalue weighted by molar-refractivity contribution is 0.469. The third-order valence-corrected chi connectivity index (χ3v) is 3.80. The van der Waals surface area contributed by atoms with Crippen molar-refractivity contribution in [1.82, 2.24) is 0 Å². The van der Waals surface area contributed by atoms with Gasteiger partial charge in [0.15, 0.2) is 0 Å². The van der Waals surface area contributed by atoms with E-state index in [9.17, 15) is 9.50 Å². The number of hydrogen-bond donors (Lipinski definition) is 2. The Bertz CT molecular complexity index is 630. The fraction of sp³-hybridized carbons (Fsp3) is 0.200. The van der Waals surface area contributed by atoms with E-state index in [2.05, 4.69) is 5.32 Å². The fourth-order valence-corrected chi connectivity index (χ4v) is 2.75. The fourth-order valence-electron chi connectivity index (χ4n) is 2.57. The Balaban J connectivity index is 1.86. The highest BCUT2D eigenvalue weighted by atomic mass is 35.5. The van der Waals surface area contributed by atoms with E-state index in [0.717, 1.165) is 29.7 Å². The lowest BCUT2D eigenvalue weighted by Crippen LogP contribution is -2.07. The van der Waals surface area contributed by atoms with E-state index in [1.807, 2.05) is 12.1 Å². The maximum Gasteiger partial charge on any atom is 0.141 e. The highest BCUT2D eigenvalue weighted by molar-refractivity contribution is 6.31. The Labute approximate surface area is 115 Å². The van der Waals surface area contributed by atoms with Crippen LogP contribution in [0, 0.1) is 5.82 Å². The molecule has 0 heterocycles. The van der Waals surface area contributed by atoms with Crippen LogP contribution in [0.3, 0.4) is 0 Å². The molecule has 1 aliphatic rings. The number of phenols is 1. The summed E-state index contributed by atoms with van der Waals surface area (Å²) >= 11 is 5.77. The molecule has 0 saturated carbocycles. The zero-order valence-electron chi connectivity index (χ0n) is 10.2. The van der Waals surface area contributed by atoms with Gasteiger partial charge in [0, 0.05) is 5.69 Å². The van der Waals surface area contributed by atoms with Crippen molar-refractivity contribution in [3.63, 3.8) is 0 Å².